The first-order valence-corrected chi connectivity index (χ1v) is 8.59. The van der Waals surface area contributed by atoms with Crippen molar-refractivity contribution in [1.29, 1.82) is 0 Å². The van der Waals surface area contributed by atoms with Crippen LogP contribution in [0.5, 0.6) is 5.75 Å². The average molecular weight is 383 g/mol. The van der Waals surface area contributed by atoms with Gasteiger partial charge in [0.15, 0.2) is 11.0 Å². The fourth-order valence-electron chi connectivity index (χ4n) is 2.44. The number of halogens is 3. The van der Waals surface area contributed by atoms with E-state index < -0.39 is 6.36 Å². The van der Waals surface area contributed by atoms with Gasteiger partial charge in [-0.25, -0.2) is 0 Å². The Balaban J connectivity index is 1.73. The minimum Gasteiger partial charge on any atom is -0.469 e. The van der Waals surface area contributed by atoms with Gasteiger partial charge in [0.1, 0.15) is 11.5 Å². The van der Waals surface area contributed by atoms with E-state index >= 15 is 0 Å². The van der Waals surface area contributed by atoms with Gasteiger partial charge in [0.25, 0.3) is 0 Å². The van der Waals surface area contributed by atoms with Crippen molar-refractivity contribution in [3.8, 4) is 17.1 Å². The van der Waals surface area contributed by atoms with Gasteiger partial charge in [-0.2, -0.15) is 0 Å². The van der Waals surface area contributed by atoms with E-state index in [1.165, 1.54) is 23.9 Å². The summed E-state index contributed by atoms with van der Waals surface area (Å²) in [6, 6.07) is 7.65. The summed E-state index contributed by atoms with van der Waals surface area (Å²) in [5.74, 6) is 1.21. The van der Waals surface area contributed by atoms with Crippen LogP contribution in [0, 0.1) is 6.92 Å². The van der Waals surface area contributed by atoms with E-state index in [4.69, 9.17) is 4.42 Å². The Morgan fingerprint density at radius 1 is 1.15 bits per heavy atom. The van der Waals surface area contributed by atoms with Crippen molar-refractivity contribution in [2.45, 2.75) is 30.6 Å². The second-order valence-electron chi connectivity index (χ2n) is 5.63. The van der Waals surface area contributed by atoms with Crippen LogP contribution in [0.1, 0.15) is 23.5 Å². The van der Waals surface area contributed by atoms with Crippen LogP contribution in [0.15, 0.2) is 46.2 Å². The van der Waals surface area contributed by atoms with Crippen molar-refractivity contribution in [2.75, 3.05) is 0 Å². The zero-order valence-electron chi connectivity index (χ0n) is 14.2. The third-order valence-electron chi connectivity index (χ3n) is 3.80. The van der Waals surface area contributed by atoms with E-state index in [9.17, 15) is 13.2 Å². The van der Waals surface area contributed by atoms with Crippen molar-refractivity contribution in [3.05, 3.63) is 47.9 Å². The van der Waals surface area contributed by atoms with Gasteiger partial charge < -0.3 is 13.7 Å². The smallest absolute Gasteiger partial charge is 0.469 e. The lowest BCUT2D eigenvalue weighted by Crippen LogP contribution is -2.17. The number of ether oxygens (including phenoxy) is 1. The molecule has 0 N–H and O–H groups in total. The van der Waals surface area contributed by atoms with Crippen LogP contribution in [0.3, 0.4) is 0 Å². The molecule has 0 amide bonds. The molecule has 1 aromatic carbocycles. The second kappa shape index (κ2) is 7.06. The monoisotopic (exact) mass is 383 g/mol. The summed E-state index contributed by atoms with van der Waals surface area (Å²) >= 11 is 1.46. The van der Waals surface area contributed by atoms with E-state index in [0.717, 1.165) is 16.9 Å². The molecule has 5 nitrogen and oxygen atoms in total. The maximum absolute atomic E-state index is 12.2. The van der Waals surface area contributed by atoms with Crippen LogP contribution in [0.4, 0.5) is 13.2 Å². The Morgan fingerprint density at radius 3 is 2.42 bits per heavy atom. The average Bonchev–Trinajstić information content (AvgIpc) is 3.13. The molecule has 1 unspecified atom stereocenters. The van der Waals surface area contributed by atoms with Crippen molar-refractivity contribution in [1.82, 2.24) is 14.8 Å². The van der Waals surface area contributed by atoms with E-state index in [1.807, 2.05) is 31.5 Å². The van der Waals surface area contributed by atoms with Gasteiger partial charge in [0, 0.05) is 12.3 Å². The lowest BCUT2D eigenvalue weighted by atomic mass is 10.2. The highest BCUT2D eigenvalue weighted by molar-refractivity contribution is 7.99. The third kappa shape index (κ3) is 4.04. The summed E-state index contributed by atoms with van der Waals surface area (Å²) in [4.78, 5) is 0. The van der Waals surface area contributed by atoms with E-state index in [0.29, 0.717) is 11.0 Å². The number of alkyl halides is 3. The van der Waals surface area contributed by atoms with Crippen LogP contribution in [0.2, 0.25) is 0 Å². The summed E-state index contributed by atoms with van der Waals surface area (Å²) < 4.78 is 47.7. The quantitative estimate of drug-likeness (QED) is 0.572. The molecule has 2 aromatic heterocycles. The predicted octanol–water partition coefficient (Wildman–Crippen LogP) is 5.14. The van der Waals surface area contributed by atoms with Crippen molar-refractivity contribution in [3.63, 3.8) is 0 Å². The molecule has 0 bridgehead atoms. The first kappa shape index (κ1) is 18.4. The normalized spacial score (nSPS) is 13.0. The molecule has 0 saturated carbocycles. The summed E-state index contributed by atoms with van der Waals surface area (Å²) in [5.41, 5.74) is 1.72. The molecule has 0 aliphatic heterocycles. The maximum atomic E-state index is 12.2. The van der Waals surface area contributed by atoms with Gasteiger partial charge in [-0.1, -0.05) is 23.9 Å². The number of aryl methyl sites for hydroxylation is 1. The van der Waals surface area contributed by atoms with E-state index in [2.05, 4.69) is 14.9 Å². The highest BCUT2D eigenvalue weighted by Gasteiger charge is 2.31. The van der Waals surface area contributed by atoms with Crippen LogP contribution in [-0.2, 0) is 7.05 Å². The molecule has 0 aliphatic rings. The number of thioether (sulfide) groups is 1. The number of benzene rings is 1. The molecule has 3 rings (SSSR count). The SMILES string of the molecule is Cc1occc1-c1nnc(SC(C)c2ccc(OC(F)(F)F)cc2)n1C. The minimum absolute atomic E-state index is 0.0314. The molecule has 0 radical (unpaired) electrons. The Bertz CT molecular complexity index is 888. The molecular weight excluding hydrogens is 367 g/mol. The van der Waals surface area contributed by atoms with E-state index in [1.54, 1.807) is 18.4 Å². The standard InChI is InChI=1S/C17H16F3N3O2S/c1-10-14(8-9-24-10)15-21-22-16(23(15)3)26-11(2)12-4-6-13(7-5-12)25-17(18,19)20/h4-9,11H,1-3H3. The number of hydrogen-bond acceptors (Lipinski definition) is 5. The minimum atomic E-state index is -4.69. The van der Waals surface area contributed by atoms with Crippen LogP contribution >= 0.6 is 11.8 Å². The van der Waals surface area contributed by atoms with Gasteiger partial charge in [-0.05, 0) is 37.6 Å². The molecular formula is C17H16F3N3O2S. The summed E-state index contributed by atoms with van der Waals surface area (Å²) in [7, 11) is 1.86. The molecule has 2 heterocycles. The Hall–Kier alpha value is -2.42. The van der Waals surface area contributed by atoms with Crippen LogP contribution in [0.25, 0.3) is 11.4 Å². The molecule has 0 saturated heterocycles. The molecule has 9 heteroatoms. The fourth-order valence-corrected chi connectivity index (χ4v) is 3.38. The molecule has 0 spiro atoms. The molecule has 0 fully saturated rings. The molecule has 0 aliphatic carbocycles. The Kier molecular flexibility index (Phi) is 4.99. The first-order valence-electron chi connectivity index (χ1n) is 7.71. The topological polar surface area (TPSA) is 53.1 Å². The van der Waals surface area contributed by atoms with Gasteiger partial charge in [0.2, 0.25) is 0 Å². The number of furan rings is 1. The highest BCUT2D eigenvalue weighted by atomic mass is 32.2. The van der Waals surface area contributed by atoms with Gasteiger partial charge in [-0.3, -0.25) is 0 Å². The Morgan fingerprint density at radius 2 is 1.85 bits per heavy atom. The fraction of sp³-hybridized carbons (Fsp3) is 0.294. The van der Waals surface area contributed by atoms with E-state index in [-0.39, 0.29) is 11.0 Å². The summed E-state index contributed by atoms with van der Waals surface area (Å²) in [5, 5.41) is 9.08. The summed E-state index contributed by atoms with van der Waals surface area (Å²) in [6.45, 7) is 3.80. The lowest BCUT2D eigenvalue weighted by molar-refractivity contribution is -0.274. The first-order chi connectivity index (χ1) is 12.2. The lowest BCUT2D eigenvalue weighted by Gasteiger charge is -2.13. The number of hydrogen-bond donors (Lipinski definition) is 0. The highest BCUT2D eigenvalue weighted by Crippen LogP contribution is 2.36. The molecule has 1 atom stereocenters. The molecule has 138 valence electrons. The molecule has 3 aromatic rings. The predicted molar refractivity (Wildman–Crippen MR) is 90.8 cm³/mol. The largest absolute Gasteiger partial charge is 0.573 e. The zero-order valence-corrected chi connectivity index (χ0v) is 15.1. The number of rotatable bonds is 5. The van der Waals surface area contributed by atoms with Crippen molar-refractivity contribution in [2.24, 2.45) is 7.05 Å². The number of aromatic nitrogens is 3. The maximum Gasteiger partial charge on any atom is 0.573 e. The summed E-state index contributed by atoms with van der Waals surface area (Å²) in [6.07, 6.45) is -3.10. The number of nitrogens with zero attached hydrogens (tertiary/aromatic N) is 3. The Labute approximate surface area is 152 Å². The van der Waals surface area contributed by atoms with Crippen molar-refractivity contribution < 1.29 is 22.3 Å². The van der Waals surface area contributed by atoms with Crippen LogP contribution in [-0.4, -0.2) is 21.1 Å². The van der Waals surface area contributed by atoms with Gasteiger partial charge in [-0.15, -0.1) is 23.4 Å². The second-order valence-corrected chi connectivity index (χ2v) is 6.94. The molecule has 26 heavy (non-hydrogen) atoms. The zero-order chi connectivity index (χ0) is 18.9. The van der Waals surface area contributed by atoms with Gasteiger partial charge in [0.05, 0.1) is 11.8 Å². The van der Waals surface area contributed by atoms with Crippen molar-refractivity contribution >= 4 is 11.8 Å². The van der Waals surface area contributed by atoms with Gasteiger partial charge >= 0.3 is 6.36 Å². The van der Waals surface area contributed by atoms with Crippen LogP contribution < -0.4 is 4.74 Å². The third-order valence-corrected chi connectivity index (χ3v) is 4.99.